The minimum absolute atomic E-state index is 0.334. The first-order chi connectivity index (χ1) is 8.79. The molecule has 0 radical (unpaired) electrons. The zero-order valence-corrected chi connectivity index (χ0v) is 11.7. The van der Waals surface area contributed by atoms with Gasteiger partial charge in [-0.05, 0) is 30.9 Å². The Morgan fingerprint density at radius 1 is 1.11 bits per heavy atom. The first kappa shape index (κ1) is 13.2. The van der Waals surface area contributed by atoms with Gasteiger partial charge < -0.3 is 9.73 Å². The van der Waals surface area contributed by atoms with Crippen LogP contribution in [-0.2, 0) is 12.3 Å². The van der Waals surface area contributed by atoms with E-state index in [-0.39, 0.29) is 0 Å². The fraction of sp³-hybridized carbons (Fsp3) is 0.333. The van der Waals surface area contributed by atoms with Crippen molar-refractivity contribution in [3.8, 4) is 0 Å². The van der Waals surface area contributed by atoms with E-state index in [1.165, 1.54) is 5.56 Å². The molecular weight excluding hydrogens is 242 g/mol. The molecule has 0 bridgehead atoms. The molecule has 2 nitrogen and oxygen atoms in total. The SMILES string of the molecule is CSCc1ccc(CN[C@H](C)c2ccccc2)o1. The Bertz CT molecular complexity index is 466. The van der Waals surface area contributed by atoms with Gasteiger partial charge in [0.2, 0.25) is 0 Å². The van der Waals surface area contributed by atoms with Gasteiger partial charge in [0.1, 0.15) is 11.5 Å². The van der Waals surface area contributed by atoms with Crippen LogP contribution in [0.15, 0.2) is 46.9 Å². The van der Waals surface area contributed by atoms with Gasteiger partial charge in [0.25, 0.3) is 0 Å². The zero-order valence-electron chi connectivity index (χ0n) is 10.8. The van der Waals surface area contributed by atoms with Crippen LogP contribution >= 0.6 is 11.8 Å². The maximum Gasteiger partial charge on any atom is 0.118 e. The molecule has 3 heteroatoms. The van der Waals surface area contributed by atoms with Crippen LogP contribution in [0.5, 0.6) is 0 Å². The monoisotopic (exact) mass is 261 g/mol. The summed E-state index contributed by atoms with van der Waals surface area (Å²) in [7, 11) is 0. The molecular formula is C15H19NOS. The Morgan fingerprint density at radius 3 is 2.56 bits per heavy atom. The fourth-order valence-electron chi connectivity index (χ4n) is 1.85. The Labute approximate surface area is 113 Å². The highest BCUT2D eigenvalue weighted by Crippen LogP contribution is 2.15. The lowest BCUT2D eigenvalue weighted by molar-refractivity contribution is 0.442. The van der Waals surface area contributed by atoms with Gasteiger partial charge in [0.15, 0.2) is 0 Å². The molecule has 0 aliphatic rings. The van der Waals surface area contributed by atoms with Crippen molar-refractivity contribution in [1.82, 2.24) is 5.32 Å². The Balaban J connectivity index is 1.87. The number of hydrogen-bond donors (Lipinski definition) is 1. The van der Waals surface area contributed by atoms with E-state index < -0.39 is 0 Å². The lowest BCUT2D eigenvalue weighted by Crippen LogP contribution is -2.17. The van der Waals surface area contributed by atoms with Crippen LogP contribution in [0.25, 0.3) is 0 Å². The minimum atomic E-state index is 0.334. The van der Waals surface area contributed by atoms with Crippen LogP contribution in [0.3, 0.4) is 0 Å². The van der Waals surface area contributed by atoms with E-state index in [9.17, 15) is 0 Å². The molecule has 0 aliphatic carbocycles. The average molecular weight is 261 g/mol. The molecule has 96 valence electrons. The van der Waals surface area contributed by atoms with Gasteiger partial charge >= 0.3 is 0 Å². The summed E-state index contributed by atoms with van der Waals surface area (Å²) < 4.78 is 5.73. The molecule has 1 heterocycles. The standard InChI is InChI=1S/C15H19NOS/c1-12(13-6-4-3-5-7-13)16-10-14-8-9-15(17-14)11-18-2/h3-9,12,16H,10-11H2,1-2H3/t12-/m1/s1. The summed E-state index contributed by atoms with van der Waals surface area (Å²) in [5, 5.41) is 3.47. The van der Waals surface area contributed by atoms with E-state index in [2.05, 4.69) is 54.9 Å². The largest absolute Gasteiger partial charge is 0.464 e. The maximum atomic E-state index is 5.73. The number of hydrogen-bond acceptors (Lipinski definition) is 3. The van der Waals surface area contributed by atoms with E-state index >= 15 is 0 Å². The summed E-state index contributed by atoms with van der Waals surface area (Å²) in [6, 6.07) is 14.9. The fourth-order valence-corrected chi connectivity index (χ4v) is 2.29. The molecule has 1 aromatic carbocycles. The molecule has 0 aliphatic heterocycles. The Morgan fingerprint density at radius 2 is 1.83 bits per heavy atom. The predicted molar refractivity (Wildman–Crippen MR) is 77.6 cm³/mol. The number of benzene rings is 1. The molecule has 0 amide bonds. The lowest BCUT2D eigenvalue weighted by Gasteiger charge is -2.12. The second-order valence-electron chi connectivity index (χ2n) is 4.31. The van der Waals surface area contributed by atoms with Crippen LogP contribution in [0, 0.1) is 0 Å². The molecule has 1 N–H and O–H groups in total. The molecule has 0 fully saturated rings. The number of nitrogens with one attached hydrogen (secondary N) is 1. The molecule has 1 aromatic heterocycles. The number of furan rings is 1. The van der Waals surface area contributed by atoms with Crippen LogP contribution in [0.1, 0.15) is 30.0 Å². The molecule has 0 unspecified atom stereocenters. The third kappa shape index (κ3) is 3.65. The smallest absolute Gasteiger partial charge is 0.118 e. The average Bonchev–Trinajstić information content (AvgIpc) is 2.85. The highest BCUT2D eigenvalue weighted by molar-refractivity contribution is 7.97. The first-order valence-electron chi connectivity index (χ1n) is 6.14. The van der Waals surface area contributed by atoms with Gasteiger partial charge in [-0.1, -0.05) is 30.3 Å². The maximum absolute atomic E-state index is 5.73. The predicted octanol–water partition coefficient (Wildman–Crippen LogP) is 3.99. The topological polar surface area (TPSA) is 25.2 Å². The van der Waals surface area contributed by atoms with Crippen LogP contribution in [0.2, 0.25) is 0 Å². The molecule has 0 spiro atoms. The molecule has 1 atom stereocenters. The van der Waals surface area contributed by atoms with Gasteiger partial charge in [0.05, 0.1) is 12.3 Å². The third-order valence-corrected chi connectivity index (χ3v) is 3.46. The van der Waals surface area contributed by atoms with Crippen molar-refractivity contribution in [3.63, 3.8) is 0 Å². The minimum Gasteiger partial charge on any atom is -0.464 e. The highest BCUT2D eigenvalue weighted by Gasteiger charge is 2.06. The third-order valence-electron chi connectivity index (χ3n) is 2.89. The van der Waals surface area contributed by atoms with Crippen LogP contribution in [-0.4, -0.2) is 6.26 Å². The van der Waals surface area contributed by atoms with Gasteiger partial charge in [-0.15, -0.1) is 0 Å². The quantitative estimate of drug-likeness (QED) is 0.851. The second-order valence-corrected chi connectivity index (χ2v) is 5.18. The Hall–Kier alpha value is -1.19. The second kappa shape index (κ2) is 6.66. The van der Waals surface area contributed by atoms with E-state index in [0.29, 0.717) is 6.04 Å². The van der Waals surface area contributed by atoms with Gasteiger partial charge in [-0.3, -0.25) is 0 Å². The van der Waals surface area contributed by atoms with Gasteiger partial charge in [-0.25, -0.2) is 0 Å². The van der Waals surface area contributed by atoms with Crippen LogP contribution in [0.4, 0.5) is 0 Å². The normalized spacial score (nSPS) is 12.6. The van der Waals surface area contributed by atoms with E-state index in [1.54, 1.807) is 11.8 Å². The molecule has 2 aromatic rings. The van der Waals surface area contributed by atoms with Gasteiger partial charge in [0, 0.05) is 6.04 Å². The number of thioether (sulfide) groups is 1. The summed E-state index contributed by atoms with van der Waals surface area (Å²) >= 11 is 1.78. The number of rotatable bonds is 6. The lowest BCUT2D eigenvalue weighted by atomic mass is 10.1. The summed E-state index contributed by atoms with van der Waals surface area (Å²) in [6.45, 7) is 2.94. The Kier molecular flexibility index (Phi) is 4.90. The van der Waals surface area contributed by atoms with Gasteiger partial charge in [-0.2, -0.15) is 11.8 Å². The first-order valence-corrected chi connectivity index (χ1v) is 7.54. The van der Waals surface area contributed by atoms with Crippen molar-refractivity contribution >= 4 is 11.8 Å². The van der Waals surface area contributed by atoms with E-state index in [4.69, 9.17) is 4.42 Å². The molecule has 0 saturated heterocycles. The van der Waals surface area contributed by atoms with Crippen molar-refractivity contribution in [2.45, 2.75) is 25.3 Å². The van der Waals surface area contributed by atoms with Crippen LogP contribution < -0.4 is 5.32 Å². The summed E-state index contributed by atoms with van der Waals surface area (Å²) in [5.41, 5.74) is 1.30. The zero-order chi connectivity index (χ0) is 12.8. The van der Waals surface area contributed by atoms with Crippen molar-refractivity contribution in [2.24, 2.45) is 0 Å². The summed E-state index contributed by atoms with van der Waals surface area (Å²) in [6.07, 6.45) is 2.08. The van der Waals surface area contributed by atoms with Crippen molar-refractivity contribution in [2.75, 3.05) is 6.26 Å². The molecule has 2 rings (SSSR count). The highest BCUT2D eigenvalue weighted by atomic mass is 32.2. The van der Waals surface area contributed by atoms with Crippen molar-refractivity contribution in [3.05, 3.63) is 59.5 Å². The van der Waals surface area contributed by atoms with E-state index in [0.717, 1.165) is 23.8 Å². The summed E-state index contributed by atoms with van der Waals surface area (Å²) in [4.78, 5) is 0. The molecule has 0 saturated carbocycles. The van der Waals surface area contributed by atoms with E-state index in [1.807, 2.05) is 6.07 Å². The molecule has 18 heavy (non-hydrogen) atoms. The van der Waals surface area contributed by atoms with Crippen molar-refractivity contribution < 1.29 is 4.42 Å². The van der Waals surface area contributed by atoms with Crippen molar-refractivity contribution in [1.29, 1.82) is 0 Å². The summed E-state index contributed by atoms with van der Waals surface area (Å²) in [5.74, 6) is 2.99.